The second kappa shape index (κ2) is 8.29. The molecule has 5 nitrogen and oxygen atoms in total. The van der Waals surface area contributed by atoms with Crippen molar-refractivity contribution in [3.8, 4) is 11.1 Å². The van der Waals surface area contributed by atoms with Gasteiger partial charge in [-0.1, -0.05) is 49.4 Å². The predicted octanol–water partition coefficient (Wildman–Crippen LogP) is 3.79. The van der Waals surface area contributed by atoms with E-state index in [2.05, 4.69) is 0 Å². The van der Waals surface area contributed by atoms with E-state index < -0.39 is 21.8 Å². The molecule has 1 N–H and O–H groups in total. The van der Waals surface area contributed by atoms with Crippen LogP contribution in [0.3, 0.4) is 0 Å². The van der Waals surface area contributed by atoms with Crippen LogP contribution in [0.4, 0.5) is 0 Å². The van der Waals surface area contributed by atoms with Gasteiger partial charge in [0.2, 0.25) is 5.91 Å². The van der Waals surface area contributed by atoms with E-state index in [0.29, 0.717) is 9.96 Å². The minimum atomic E-state index is -3.21. The number of carbonyl (C=O) groups excluding carboxylic acids is 1. The summed E-state index contributed by atoms with van der Waals surface area (Å²) in [4.78, 5) is 11.5. The van der Waals surface area contributed by atoms with Gasteiger partial charge in [0.15, 0.2) is 9.84 Å². The van der Waals surface area contributed by atoms with Crippen LogP contribution >= 0.6 is 0 Å². The molecule has 0 aliphatic heterocycles. The Bertz CT molecular complexity index is 902. The average Bonchev–Trinajstić information content (AvgIpc) is 2.65. The van der Waals surface area contributed by atoms with Gasteiger partial charge in [-0.25, -0.2) is 13.5 Å². The normalized spacial score (nSPS) is 12.9. The molecule has 0 aliphatic carbocycles. The van der Waals surface area contributed by atoms with Crippen LogP contribution in [0.2, 0.25) is 0 Å². The maximum absolute atomic E-state index is 11.9. The molecule has 138 valence electrons. The molecule has 0 aromatic heterocycles. The summed E-state index contributed by atoms with van der Waals surface area (Å²) in [6.45, 7) is 4.64. The summed E-state index contributed by atoms with van der Waals surface area (Å²) in [7, 11) is -3.21. The lowest BCUT2D eigenvalue weighted by molar-refractivity contribution is -0.167. The number of nitrogens with zero attached hydrogens (tertiary/aromatic N) is 1. The Labute approximate surface area is 154 Å². The number of sulfone groups is 1. The molecular weight excluding hydrogens is 350 g/mol. The van der Waals surface area contributed by atoms with Gasteiger partial charge in [-0.05, 0) is 41.8 Å². The highest BCUT2D eigenvalue weighted by atomic mass is 32.2. The predicted molar refractivity (Wildman–Crippen MR) is 102 cm³/mol. The summed E-state index contributed by atoms with van der Waals surface area (Å²) in [6.07, 6.45) is 3.56. The van der Waals surface area contributed by atoms with Gasteiger partial charge < -0.3 is 0 Å². The lowest BCUT2D eigenvalue weighted by Crippen LogP contribution is -2.32. The van der Waals surface area contributed by atoms with Crippen molar-refractivity contribution in [3.63, 3.8) is 0 Å². The summed E-state index contributed by atoms with van der Waals surface area (Å²) >= 11 is 0. The number of rotatable bonds is 6. The third-order valence-electron chi connectivity index (χ3n) is 4.09. The minimum absolute atomic E-state index is 0.0763. The summed E-state index contributed by atoms with van der Waals surface area (Å²) in [5.74, 6) is -0.342. The van der Waals surface area contributed by atoms with Crippen molar-refractivity contribution in [2.45, 2.75) is 31.7 Å². The fourth-order valence-corrected chi connectivity index (χ4v) is 3.35. The molecule has 1 amide bonds. The molecule has 6 heteroatoms. The van der Waals surface area contributed by atoms with E-state index in [1.54, 1.807) is 44.2 Å². The van der Waals surface area contributed by atoms with Crippen molar-refractivity contribution in [1.29, 1.82) is 0 Å². The fraction of sp³-hybridized carbons (Fsp3) is 0.250. The van der Waals surface area contributed by atoms with E-state index in [1.165, 1.54) is 6.92 Å². The third-order valence-corrected chi connectivity index (χ3v) is 5.84. The molecule has 0 fully saturated rings. The van der Waals surface area contributed by atoms with Crippen LogP contribution in [0.25, 0.3) is 17.2 Å². The second-order valence-electron chi connectivity index (χ2n) is 6.02. The van der Waals surface area contributed by atoms with Gasteiger partial charge in [0.1, 0.15) is 0 Å². The van der Waals surface area contributed by atoms with Crippen LogP contribution in [0.5, 0.6) is 0 Å². The van der Waals surface area contributed by atoms with Crippen molar-refractivity contribution < 1.29 is 18.4 Å². The Hall–Kier alpha value is -2.44. The molecule has 2 rings (SSSR count). The first-order chi connectivity index (χ1) is 12.2. The summed E-state index contributed by atoms with van der Waals surface area (Å²) in [5.41, 5.74) is 2.78. The van der Waals surface area contributed by atoms with Gasteiger partial charge in [-0.3, -0.25) is 10.0 Å². The molecular formula is C20H23NO4S. The highest BCUT2D eigenvalue weighted by molar-refractivity contribution is 7.91. The van der Waals surface area contributed by atoms with E-state index in [0.717, 1.165) is 16.7 Å². The molecule has 2 aromatic rings. The van der Waals surface area contributed by atoms with Gasteiger partial charge in [-0.2, -0.15) is 0 Å². The smallest absolute Gasteiger partial charge is 0.243 e. The van der Waals surface area contributed by atoms with Crippen LogP contribution in [-0.4, -0.2) is 36.4 Å². The van der Waals surface area contributed by atoms with E-state index in [4.69, 9.17) is 0 Å². The first-order valence-electron chi connectivity index (χ1n) is 8.34. The van der Waals surface area contributed by atoms with E-state index in [1.807, 2.05) is 30.3 Å². The van der Waals surface area contributed by atoms with Gasteiger partial charge in [-0.15, -0.1) is 0 Å². The topological polar surface area (TPSA) is 74.7 Å². The number of carbonyl (C=O) groups is 1. The molecule has 0 aliphatic rings. The third kappa shape index (κ3) is 4.80. The number of hydrogen-bond acceptors (Lipinski definition) is 4. The van der Waals surface area contributed by atoms with Crippen molar-refractivity contribution >= 4 is 21.8 Å². The molecule has 0 unspecified atom stereocenters. The lowest BCUT2D eigenvalue weighted by Gasteiger charge is -2.17. The lowest BCUT2D eigenvalue weighted by atomic mass is 10.0. The largest absolute Gasteiger partial charge is 0.285 e. The zero-order valence-corrected chi connectivity index (χ0v) is 15.9. The number of amides is 1. The van der Waals surface area contributed by atoms with Crippen LogP contribution < -0.4 is 0 Å². The van der Waals surface area contributed by atoms with Crippen molar-refractivity contribution in [1.82, 2.24) is 5.06 Å². The van der Waals surface area contributed by atoms with Crippen molar-refractivity contribution in [2.24, 2.45) is 0 Å². The molecule has 0 spiro atoms. The van der Waals surface area contributed by atoms with E-state index in [9.17, 15) is 18.4 Å². The summed E-state index contributed by atoms with van der Waals surface area (Å²) < 4.78 is 23.8. The maximum atomic E-state index is 11.9. The Morgan fingerprint density at radius 2 is 1.81 bits per heavy atom. The van der Waals surface area contributed by atoms with Crippen molar-refractivity contribution in [2.75, 3.05) is 5.75 Å². The molecule has 2 aromatic carbocycles. The van der Waals surface area contributed by atoms with Crippen LogP contribution in [0.15, 0.2) is 59.5 Å². The van der Waals surface area contributed by atoms with Gasteiger partial charge in [0, 0.05) is 6.92 Å². The van der Waals surface area contributed by atoms with Gasteiger partial charge >= 0.3 is 0 Å². The molecule has 0 heterocycles. The van der Waals surface area contributed by atoms with Crippen LogP contribution in [-0.2, 0) is 14.6 Å². The van der Waals surface area contributed by atoms with Gasteiger partial charge in [0.25, 0.3) is 0 Å². The van der Waals surface area contributed by atoms with Crippen LogP contribution in [0, 0.1) is 0 Å². The SMILES string of the molecule is CCS(=O)(=O)c1ccc(-c2cccc(/C=C/[C@H](C)N(O)C(C)=O)c2)cc1. The molecule has 0 bridgehead atoms. The second-order valence-corrected chi connectivity index (χ2v) is 8.29. The number of benzene rings is 2. The Balaban J connectivity index is 2.23. The summed E-state index contributed by atoms with van der Waals surface area (Å²) in [6, 6.07) is 14.1. The Morgan fingerprint density at radius 1 is 1.15 bits per heavy atom. The Morgan fingerprint density at radius 3 is 2.38 bits per heavy atom. The monoisotopic (exact) mass is 373 g/mol. The van der Waals surface area contributed by atoms with Crippen LogP contribution in [0.1, 0.15) is 26.3 Å². The highest BCUT2D eigenvalue weighted by Gasteiger charge is 2.12. The first-order valence-corrected chi connectivity index (χ1v) is 10.00. The molecule has 0 radical (unpaired) electrons. The molecule has 0 saturated carbocycles. The fourth-order valence-electron chi connectivity index (χ4n) is 2.46. The molecule has 1 atom stereocenters. The quantitative estimate of drug-likeness (QED) is 0.617. The van der Waals surface area contributed by atoms with Gasteiger partial charge in [0.05, 0.1) is 16.7 Å². The first kappa shape index (κ1) is 19.9. The number of hydroxylamine groups is 2. The van der Waals surface area contributed by atoms with Crippen molar-refractivity contribution in [3.05, 3.63) is 60.2 Å². The Kier molecular flexibility index (Phi) is 6.34. The molecule has 26 heavy (non-hydrogen) atoms. The maximum Gasteiger partial charge on any atom is 0.243 e. The minimum Gasteiger partial charge on any atom is -0.285 e. The standard InChI is InChI=1S/C20H23NO4S/c1-4-26(24,25)20-12-10-18(11-13-20)19-7-5-6-17(14-19)9-8-15(2)21(23)16(3)22/h5-15,23H,4H2,1-3H3/b9-8+/t15-/m0/s1. The van der Waals surface area contributed by atoms with E-state index >= 15 is 0 Å². The zero-order chi connectivity index (χ0) is 19.3. The highest BCUT2D eigenvalue weighted by Crippen LogP contribution is 2.23. The average molecular weight is 373 g/mol. The number of hydrogen-bond donors (Lipinski definition) is 1. The van der Waals surface area contributed by atoms with E-state index in [-0.39, 0.29) is 5.75 Å². The molecule has 0 saturated heterocycles. The zero-order valence-electron chi connectivity index (χ0n) is 15.1. The summed E-state index contributed by atoms with van der Waals surface area (Å²) in [5, 5.41) is 10.3.